The van der Waals surface area contributed by atoms with Crippen LogP contribution in [0, 0.1) is 6.92 Å². The van der Waals surface area contributed by atoms with Gasteiger partial charge in [0.25, 0.3) is 0 Å². The van der Waals surface area contributed by atoms with Gasteiger partial charge in [-0.3, -0.25) is 4.98 Å². The summed E-state index contributed by atoms with van der Waals surface area (Å²) in [5, 5.41) is 0. The van der Waals surface area contributed by atoms with Crippen LogP contribution >= 0.6 is 12.2 Å². The average molecular weight is 207 g/mol. The van der Waals surface area contributed by atoms with E-state index < -0.39 is 0 Å². The molecule has 0 aliphatic carbocycles. The molecule has 14 heavy (non-hydrogen) atoms. The molecule has 74 valence electrons. The third kappa shape index (κ3) is 1.70. The molecule has 1 saturated heterocycles. The van der Waals surface area contributed by atoms with E-state index in [1.807, 2.05) is 13.0 Å². The molecule has 4 heteroatoms. The zero-order valence-corrected chi connectivity index (χ0v) is 8.97. The van der Waals surface area contributed by atoms with Crippen LogP contribution in [0.2, 0.25) is 0 Å². The van der Waals surface area contributed by atoms with Gasteiger partial charge in [-0.2, -0.15) is 0 Å². The second kappa shape index (κ2) is 3.53. The smallest absolute Gasteiger partial charge is 0.122 e. The number of aromatic nitrogens is 1. The standard InChI is InChI=1S/C10H13N3S/c1-7-5-8(13-3-2-4-13)6-9(12-7)10(11)14/h5-6H,2-4H2,1H3,(H2,11,14). The molecule has 0 spiro atoms. The van der Waals surface area contributed by atoms with E-state index in [1.54, 1.807) is 0 Å². The van der Waals surface area contributed by atoms with Gasteiger partial charge in [0.2, 0.25) is 0 Å². The minimum Gasteiger partial charge on any atom is -0.388 e. The molecule has 0 aromatic carbocycles. The summed E-state index contributed by atoms with van der Waals surface area (Å²) in [4.78, 5) is 6.95. The summed E-state index contributed by atoms with van der Waals surface area (Å²) in [5.74, 6) is 0. The summed E-state index contributed by atoms with van der Waals surface area (Å²) in [5.41, 5.74) is 8.44. The molecule has 0 amide bonds. The molecule has 2 rings (SSSR count). The second-order valence-corrected chi connectivity index (χ2v) is 4.00. The topological polar surface area (TPSA) is 42.1 Å². The first-order valence-corrected chi connectivity index (χ1v) is 5.11. The summed E-state index contributed by atoms with van der Waals surface area (Å²) in [6.07, 6.45) is 1.27. The Morgan fingerprint density at radius 2 is 2.21 bits per heavy atom. The Balaban J connectivity index is 2.35. The Hall–Kier alpha value is -1.16. The lowest BCUT2D eigenvalue weighted by Crippen LogP contribution is -2.37. The van der Waals surface area contributed by atoms with E-state index in [4.69, 9.17) is 18.0 Å². The van der Waals surface area contributed by atoms with E-state index in [9.17, 15) is 0 Å². The highest BCUT2D eigenvalue weighted by Crippen LogP contribution is 2.21. The van der Waals surface area contributed by atoms with Crippen LogP contribution in [0.3, 0.4) is 0 Å². The molecule has 1 aromatic rings. The van der Waals surface area contributed by atoms with Gasteiger partial charge in [0, 0.05) is 24.5 Å². The van der Waals surface area contributed by atoms with Crippen molar-refractivity contribution < 1.29 is 0 Å². The summed E-state index contributed by atoms with van der Waals surface area (Å²) < 4.78 is 0. The first-order chi connectivity index (χ1) is 6.66. The van der Waals surface area contributed by atoms with Crippen LogP contribution in [-0.4, -0.2) is 23.1 Å². The zero-order valence-electron chi connectivity index (χ0n) is 8.16. The van der Waals surface area contributed by atoms with E-state index in [0.717, 1.165) is 24.5 Å². The van der Waals surface area contributed by atoms with Gasteiger partial charge in [0.05, 0.1) is 5.69 Å². The van der Waals surface area contributed by atoms with Crippen molar-refractivity contribution in [2.45, 2.75) is 13.3 Å². The van der Waals surface area contributed by atoms with Gasteiger partial charge >= 0.3 is 0 Å². The first-order valence-electron chi connectivity index (χ1n) is 4.70. The Labute approximate surface area is 88.9 Å². The first kappa shape index (κ1) is 9.40. The minimum atomic E-state index is 0.371. The number of pyridine rings is 1. The summed E-state index contributed by atoms with van der Waals surface area (Å²) in [7, 11) is 0. The molecule has 1 fully saturated rings. The van der Waals surface area contributed by atoms with Crippen LogP contribution in [0.1, 0.15) is 17.8 Å². The SMILES string of the molecule is Cc1cc(N2CCC2)cc(C(N)=S)n1. The van der Waals surface area contributed by atoms with Crippen molar-refractivity contribution in [3.8, 4) is 0 Å². The Morgan fingerprint density at radius 3 is 2.71 bits per heavy atom. The lowest BCUT2D eigenvalue weighted by atomic mass is 10.1. The van der Waals surface area contributed by atoms with Gasteiger partial charge in [0.15, 0.2) is 0 Å². The molecule has 1 aromatic heterocycles. The lowest BCUT2D eigenvalue weighted by Gasteiger charge is -2.33. The fourth-order valence-electron chi connectivity index (χ4n) is 1.53. The lowest BCUT2D eigenvalue weighted by molar-refractivity contribution is 0.617. The average Bonchev–Trinajstić information content (AvgIpc) is 1.99. The molecule has 0 radical (unpaired) electrons. The molecule has 1 aliphatic heterocycles. The van der Waals surface area contributed by atoms with Crippen molar-refractivity contribution in [3.05, 3.63) is 23.5 Å². The number of thiocarbonyl (C=S) groups is 1. The quantitative estimate of drug-likeness (QED) is 0.741. The summed E-state index contributed by atoms with van der Waals surface area (Å²) in [6, 6.07) is 4.04. The van der Waals surface area contributed by atoms with Crippen molar-refractivity contribution in [2.24, 2.45) is 5.73 Å². The minimum absolute atomic E-state index is 0.371. The number of anilines is 1. The fourth-order valence-corrected chi connectivity index (χ4v) is 1.64. The van der Waals surface area contributed by atoms with Gasteiger partial charge in [-0.25, -0.2) is 0 Å². The number of rotatable bonds is 2. The van der Waals surface area contributed by atoms with E-state index in [1.165, 1.54) is 12.1 Å². The predicted octanol–water partition coefficient (Wildman–Crippen LogP) is 1.23. The molecule has 2 N–H and O–H groups in total. The third-order valence-corrected chi connectivity index (χ3v) is 2.62. The number of hydrogen-bond donors (Lipinski definition) is 1. The normalized spacial score (nSPS) is 15.1. The highest BCUT2D eigenvalue weighted by atomic mass is 32.1. The van der Waals surface area contributed by atoms with E-state index in [-0.39, 0.29) is 0 Å². The van der Waals surface area contributed by atoms with Crippen molar-refractivity contribution >= 4 is 22.9 Å². The van der Waals surface area contributed by atoms with E-state index in [0.29, 0.717) is 4.99 Å². The number of aryl methyl sites for hydroxylation is 1. The fraction of sp³-hybridized carbons (Fsp3) is 0.400. The van der Waals surface area contributed by atoms with Gasteiger partial charge in [-0.15, -0.1) is 0 Å². The molecule has 0 atom stereocenters. The van der Waals surface area contributed by atoms with Crippen LogP contribution in [-0.2, 0) is 0 Å². The monoisotopic (exact) mass is 207 g/mol. The van der Waals surface area contributed by atoms with Gasteiger partial charge in [-0.05, 0) is 25.5 Å². The maximum absolute atomic E-state index is 5.56. The van der Waals surface area contributed by atoms with Crippen LogP contribution in [0.5, 0.6) is 0 Å². The van der Waals surface area contributed by atoms with E-state index in [2.05, 4.69) is 16.0 Å². The molecule has 3 nitrogen and oxygen atoms in total. The largest absolute Gasteiger partial charge is 0.388 e. The van der Waals surface area contributed by atoms with Gasteiger partial charge in [0.1, 0.15) is 4.99 Å². The van der Waals surface area contributed by atoms with Crippen LogP contribution in [0.25, 0.3) is 0 Å². The molecular formula is C10H13N3S. The third-order valence-electron chi connectivity index (χ3n) is 2.41. The summed E-state index contributed by atoms with van der Waals surface area (Å²) >= 11 is 4.92. The zero-order chi connectivity index (χ0) is 10.1. The molecule has 2 heterocycles. The molecular weight excluding hydrogens is 194 g/mol. The van der Waals surface area contributed by atoms with Crippen molar-refractivity contribution in [1.82, 2.24) is 4.98 Å². The van der Waals surface area contributed by atoms with E-state index >= 15 is 0 Å². The van der Waals surface area contributed by atoms with Gasteiger partial charge in [-0.1, -0.05) is 12.2 Å². The van der Waals surface area contributed by atoms with Crippen molar-refractivity contribution in [3.63, 3.8) is 0 Å². The van der Waals surface area contributed by atoms with Crippen LogP contribution < -0.4 is 10.6 Å². The number of nitrogens with zero attached hydrogens (tertiary/aromatic N) is 2. The number of nitrogens with two attached hydrogens (primary N) is 1. The molecule has 0 unspecified atom stereocenters. The Bertz CT molecular complexity index is 372. The molecule has 0 bridgehead atoms. The van der Waals surface area contributed by atoms with Crippen LogP contribution in [0.4, 0.5) is 5.69 Å². The molecule has 1 aliphatic rings. The van der Waals surface area contributed by atoms with Crippen molar-refractivity contribution in [1.29, 1.82) is 0 Å². The second-order valence-electron chi connectivity index (χ2n) is 3.56. The molecule has 0 saturated carbocycles. The predicted molar refractivity (Wildman–Crippen MR) is 61.7 cm³/mol. The Kier molecular flexibility index (Phi) is 2.37. The summed E-state index contributed by atoms with van der Waals surface area (Å²) in [6.45, 7) is 4.21. The number of hydrogen-bond acceptors (Lipinski definition) is 3. The van der Waals surface area contributed by atoms with Gasteiger partial charge < -0.3 is 10.6 Å². The highest BCUT2D eigenvalue weighted by molar-refractivity contribution is 7.80. The Morgan fingerprint density at radius 1 is 1.50 bits per heavy atom. The maximum atomic E-state index is 5.56. The maximum Gasteiger partial charge on any atom is 0.122 e. The van der Waals surface area contributed by atoms with Crippen molar-refractivity contribution in [2.75, 3.05) is 18.0 Å². The van der Waals surface area contributed by atoms with Crippen LogP contribution in [0.15, 0.2) is 12.1 Å². The highest BCUT2D eigenvalue weighted by Gasteiger charge is 2.15.